The van der Waals surface area contributed by atoms with Crippen LogP contribution < -0.4 is 0 Å². The number of fused-ring (bicyclic) bond motifs is 4. The first kappa shape index (κ1) is 19.9. The Kier molecular flexibility index (Phi) is 4.84. The van der Waals surface area contributed by atoms with Crippen molar-refractivity contribution in [1.82, 2.24) is 14.8 Å². The minimum absolute atomic E-state index is 0.0308. The molecule has 0 saturated carbocycles. The number of nitrogens with one attached hydrogen (secondary N) is 1. The van der Waals surface area contributed by atoms with Gasteiger partial charge in [0, 0.05) is 29.6 Å². The van der Waals surface area contributed by atoms with Crippen molar-refractivity contribution in [2.24, 2.45) is 5.92 Å². The van der Waals surface area contributed by atoms with Crippen LogP contribution in [0.5, 0.6) is 0 Å². The Morgan fingerprint density at radius 2 is 1.81 bits per heavy atom. The van der Waals surface area contributed by atoms with Gasteiger partial charge >= 0.3 is 0 Å². The Hall–Kier alpha value is -3.08. The highest BCUT2D eigenvalue weighted by Gasteiger charge is 2.48. The standard InChI is InChI=1S/C26H29N3O2/c1-16(2)12-13-28-15-23(30)29-22(26(28)31)14-20-19-6-4-5-7-21(19)27-24(20)25(29)18-10-8-17(3)9-11-18/h4-11,16,22,25,27H,12-15H2,1-3H3/t22-,25?/m0/s1. The zero-order valence-electron chi connectivity index (χ0n) is 18.4. The van der Waals surface area contributed by atoms with Crippen molar-refractivity contribution in [3.63, 3.8) is 0 Å². The molecule has 2 aromatic carbocycles. The first-order valence-corrected chi connectivity index (χ1v) is 11.2. The molecule has 2 aliphatic heterocycles. The molecule has 0 aliphatic carbocycles. The Morgan fingerprint density at radius 1 is 1.06 bits per heavy atom. The average molecular weight is 416 g/mol. The molecule has 2 aliphatic rings. The maximum atomic E-state index is 13.5. The van der Waals surface area contributed by atoms with Gasteiger partial charge in [-0.15, -0.1) is 0 Å². The first-order chi connectivity index (χ1) is 14.9. The van der Waals surface area contributed by atoms with Crippen LogP contribution in [0.4, 0.5) is 0 Å². The summed E-state index contributed by atoms with van der Waals surface area (Å²) in [5.74, 6) is 0.601. The molecule has 0 radical (unpaired) electrons. The van der Waals surface area contributed by atoms with Crippen LogP contribution in [-0.2, 0) is 16.0 Å². The summed E-state index contributed by atoms with van der Waals surface area (Å²) in [6.07, 6.45) is 1.47. The Morgan fingerprint density at radius 3 is 2.55 bits per heavy atom. The van der Waals surface area contributed by atoms with Gasteiger partial charge in [-0.2, -0.15) is 0 Å². The van der Waals surface area contributed by atoms with Gasteiger partial charge in [-0.25, -0.2) is 0 Å². The number of H-pyrrole nitrogens is 1. The van der Waals surface area contributed by atoms with E-state index in [0.717, 1.165) is 34.1 Å². The summed E-state index contributed by atoms with van der Waals surface area (Å²) in [5.41, 5.74) is 5.47. The van der Waals surface area contributed by atoms with Crippen molar-refractivity contribution in [2.45, 2.75) is 45.7 Å². The van der Waals surface area contributed by atoms with E-state index in [9.17, 15) is 9.59 Å². The third-order valence-corrected chi connectivity index (χ3v) is 6.71. The second kappa shape index (κ2) is 7.56. The van der Waals surface area contributed by atoms with Gasteiger partial charge in [0.25, 0.3) is 0 Å². The monoisotopic (exact) mass is 415 g/mol. The molecule has 3 heterocycles. The van der Waals surface area contributed by atoms with Crippen molar-refractivity contribution >= 4 is 22.7 Å². The van der Waals surface area contributed by atoms with E-state index in [-0.39, 0.29) is 24.4 Å². The number of amides is 2. The highest BCUT2D eigenvalue weighted by Crippen LogP contribution is 2.42. The second-order valence-corrected chi connectivity index (χ2v) is 9.34. The number of hydrogen-bond acceptors (Lipinski definition) is 2. The molecular formula is C26H29N3O2. The number of carbonyl (C=O) groups excluding carboxylic acids is 2. The molecule has 1 aromatic heterocycles. The van der Waals surface area contributed by atoms with E-state index in [1.54, 1.807) is 4.90 Å². The van der Waals surface area contributed by atoms with Crippen molar-refractivity contribution < 1.29 is 9.59 Å². The van der Waals surface area contributed by atoms with Gasteiger partial charge in [-0.1, -0.05) is 61.9 Å². The van der Waals surface area contributed by atoms with Gasteiger partial charge in [-0.3, -0.25) is 9.59 Å². The fourth-order valence-electron chi connectivity index (χ4n) is 5.02. The molecule has 5 rings (SSSR count). The van der Waals surface area contributed by atoms with Gasteiger partial charge in [0.2, 0.25) is 11.8 Å². The van der Waals surface area contributed by atoms with E-state index < -0.39 is 6.04 Å². The van der Waals surface area contributed by atoms with Crippen LogP contribution in [0.1, 0.15) is 48.7 Å². The molecule has 0 bridgehead atoms. The van der Waals surface area contributed by atoms with Gasteiger partial charge in [0.05, 0.1) is 12.6 Å². The number of aromatic amines is 1. The quantitative estimate of drug-likeness (QED) is 0.694. The number of carbonyl (C=O) groups is 2. The molecule has 2 atom stereocenters. The van der Waals surface area contributed by atoms with Crippen LogP contribution in [0.15, 0.2) is 48.5 Å². The minimum Gasteiger partial charge on any atom is -0.356 e. The van der Waals surface area contributed by atoms with E-state index in [4.69, 9.17) is 0 Å². The summed E-state index contributed by atoms with van der Waals surface area (Å²) >= 11 is 0. The predicted octanol–water partition coefficient (Wildman–Crippen LogP) is 4.21. The molecule has 160 valence electrons. The molecule has 1 saturated heterocycles. The van der Waals surface area contributed by atoms with Crippen LogP contribution in [0.2, 0.25) is 0 Å². The zero-order chi connectivity index (χ0) is 21.7. The Labute approximate surface area is 183 Å². The van der Waals surface area contributed by atoms with Crippen molar-refractivity contribution in [3.8, 4) is 0 Å². The molecule has 1 N–H and O–H groups in total. The van der Waals surface area contributed by atoms with Crippen molar-refractivity contribution in [3.05, 3.63) is 70.9 Å². The summed E-state index contributed by atoms with van der Waals surface area (Å²) in [7, 11) is 0. The summed E-state index contributed by atoms with van der Waals surface area (Å²) in [4.78, 5) is 34.2. The summed E-state index contributed by atoms with van der Waals surface area (Å²) in [6, 6.07) is 15.8. The first-order valence-electron chi connectivity index (χ1n) is 11.2. The van der Waals surface area contributed by atoms with Gasteiger partial charge < -0.3 is 14.8 Å². The van der Waals surface area contributed by atoms with Gasteiger partial charge in [0.15, 0.2) is 0 Å². The lowest BCUT2D eigenvalue weighted by atomic mass is 9.86. The predicted molar refractivity (Wildman–Crippen MR) is 122 cm³/mol. The van der Waals surface area contributed by atoms with E-state index >= 15 is 0 Å². The lowest BCUT2D eigenvalue weighted by Crippen LogP contribution is -2.63. The maximum Gasteiger partial charge on any atom is 0.246 e. The molecule has 5 nitrogen and oxygen atoms in total. The topological polar surface area (TPSA) is 56.4 Å². The number of para-hydroxylation sites is 1. The molecule has 3 aromatic rings. The molecular weight excluding hydrogens is 386 g/mol. The lowest BCUT2D eigenvalue weighted by molar-refractivity contribution is -0.158. The number of hydrogen-bond donors (Lipinski definition) is 1. The summed E-state index contributed by atoms with van der Waals surface area (Å²) in [5, 5.41) is 1.15. The van der Waals surface area contributed by atoms with E-state index in [2.05, 4.69) is 62.2 Å². The Bertz CT molecular complexity index is 1150. The maximum absolute atomic E-state index is 13.5. The van der Waals surface area contributed by atoms with Crippen LogP contribution in [0.25, 0.3) is 10.9 Å². The fourth-order valence-corrected chi connectivity index (χ4v) is 5.02. The number of rotatable bonds is 4. The van der Waals surface area contributed by atoms with Crippen molar-refractivity contribution in [1.29, 1.82) is 0 Å². The third kappa shape index (κ3) is 3.32. The average Bonchev–Trinajstić information content (AvgIpc) is 3.13. The fraction of sp³-hybridized carbons (Fsp3) is 0.385. The number of aromatic nitrogens is 1. The SMILES string of the molecule is Cc1ccc(C2c3[nH]c4ccccc4c3C[C@H]3C(=O)N(CCC(C)C)CC(=O)N23)cc1. The van der Waals surface area contributed by atoms with Gasteiger partial charge in [-0.05, 0) is 36.5 Å². The third-order valence-electron chi connectivity index (χ3n) is 6.71. The molecule has 31 heavy (non-hydrogen) atoms. The highest BCUT2D eigenvalue weighted by atomic mass is 16.2. The molecule has 0 spiro atoms. The van der Waals surface area contributed by atoms with E-state index in [1.165, 1.54) is 5.56 Å². The lowest BCUT2D eigenvalue weighted by Gasteiger charge is -2.47. The van der Waals surface area contributed by atoms with Crippen LogP contribution >= 0.6 is 0 Å². The van der Waals surface area contributed by atoms with E-state index in [0.29, 0.717) is 18.9 Å². The Balaban J connectivity index is 1.63. The minimum atomic E-state index is -0.452. The number of piperazine rings is 1. The highest BCUT2D eigenvalue weighted by molar-refractivity contribution is 5.97. The number of benzene rings is 2. The largest absolute Gasteiger partial charge is 0.356 e. The molecule has 1 unspecified atom stereocenters. The smallest absolute Gasteiger partial charge is 0.246 e. The molecule has 1 fully saturated rings. The van der Waals surface area contributed by atoms with Crippen LogP contribution in [0.3, 0.4) is 0 Å². The summed E-state index contributed by atoms with van der Waals surface area (Å²) in [6.45, 7) is 7.16. The van der Waals surface area contributed by atoms with Crippen LogP contribution in [0, 0.1) is 12.8 Å². The summed E-state index contributed by atoms with van der Waals surface area (Å²) < 4.78 is 0. The second-order valence-electron chi connectivity index (χ2n) is 9.34. The molecule has 5 heteroatoms. The zero-order valence-corrected chi connectivity index (χ0v) is 18.4. The van der Waals surface area contributed by atoms with Gasteiger partial charge in [0.1, 0.15) is 6.04 Å². The van der Waals surface area contributed by atoms with Crippen LogP contribution in [-0.4, -0.2) is 45.7 Å². The number of nitrogens with zero attached hydrogens (tertiary/aromatic N) is 2. The number of aryl methyl sites for hydroxylation is 1. The van der Waals surface area contributed by atoms with E-state index in [1.807, 2.05) is 17.0 Å². The normalized spacial score (nSPS) is 21.0. The van der Waals surface area contributed by atoms with Crippen molar-refractivity contribution in [2.75, 3.05) is 13.1 Å². The molecule has 2 amide bonds.